The van der Waals surface area contributed by atoms with Gasteiger partial charge in [-0.05, 0) is 115 Å². The Kier molecular flexibility index (Phi) is 9.40. The zero-order valence-corrected chi connectivity index (χ0v) is 44.1. The maximum Gasteiger partial charge on any atom is 0.333 e. The van der Waals surface area contributed by atoms with E-state index in [0.717, 1.165) is 50.1 Å². The highest BCUT2D eigenvalue weighted by Crippen LogP contribution is 2.57. The number of benzene rings is 11. The molecule has 4 nitrogen and oxygen atoms in total. The zero-order valence-electron chi connectivity index (χ0n) is 44.1. The van der Waals surface area contributed by atoms with Gasteiger partial charge in [0.1, 0.15) is 28.2 Å². The lowest BCUT2D eigenvalue weighted by Gasteiger charge is -2.44. The van der Waals surface area contributed by atoms with Crippen LogP contribution in [-0.4, -0.2) is 11.3 Å². The van der Waals surface area contributed by atoms with Gasteiger partial charge in [-0.25, -0.2) is 0 Å². The summed E-state index contributed by atoms with van der Waals surface area (Å²) in [5, 5.41) is 9.59. The zero-order chi connectivity index (χ0) is 51.4. The van der Waals surface area contributed by atoms with Crippen LogP contribution < -0.4 is 20.3 Å². The van der Waals surface area contributed by atoms with Crippen molar-refractivity contribution in [2.45, 2.75) is 59.3 Å². The van der Waals surface area contributed by atoms with Gasteiger partial charge in [0.05, 0.1) is 5.39 Å². The second-order valence-electron chi connectivity index (χ2n) is 23.5. The van der Waals surface area contributed by atoms with Crippen molar-refractivity contribution in [1.82, 2.24) is 8.96 Å². The van der Waals surface area contributed by atoms with E-state index >= 15 is 0 Å². The molecule has 0 unspecified atom stereocenters. The van der Waals surface area contributed by atoms with Crippen LogP contribution in [0.2, 0.25) is 0 Å². The van der Waals surface area contributed by atoms with Crippen molar-refractivity contribution in [3.05, 3.63) is 235 Å². The van der Waals surface area contributed by atoms with Gasteiger partial charge in [0.15, 0.2) is 5.69 Å². The number of hydrogen-bond donors (Lipinski definition) is 0. The number of aryl methyl sites for hydroxylation is 1. The third-order valence-electron chi connectivity index (χ3n) is 17.0. The van der Waals surface area contributed by atoms with Crippen LogP contribution in [0, 0.1) is 6.92 Å². The standard InChI is InChI=1S/C71H57BN3O/c1-44-57-36-46-24-18-17-23-45(46)35-47(57)37-61-67(44)73(50-39-48(70(2,3)4)38-49(40-50)71(5,6)7)63-42-54(75(51-25-11-8-12-26-51,52-27-13-9-14-28-52)53-29-15-10-16-30-53)41-58-59-43-60-55-31-20-22-34-64(55)76-69(60)65-56-32-19-21-33-62(56)74(68(59)65)72(61)66(58)63/h8-43H,1-7H3/q+1. The molecule has 2 aliphatic rings. The number of hydrogen-bond acceptors (Lipinski definition) is 2. The van der Waals surface area contributed by atoms with Crippen LogP contribution in [0.15, 0.2) is 223 Å². The summed E-state index contributed by atoms with van der Waals surface area (Å²) in [6, 6.07) is 82.4. The summed E-state index contributed by atoms with van der Waals surface area (Å²) < 4.78 is 10.1. The molecule has 13 aromatic rings. The Hall–Kier alpha value is -8.64. The fourth-order valence-electron chi connectivity index (χ4n) is 13.4. The van der Waals surface area contributed by atoms with Crippen LogP contribution in [0.1, 0.15) is 58.2 Å². The first-order valence-corrected chi connectivity index (χ1v) is 26.9. The quantitative estimate of drug-likeness (QED) is 0.0974. The van der Waals surface area contributed by atoms with Crippen molar-refractivity contribution in [2.75, 3.05) is 4.90 Å². The molecule has 0 amide bonds. The molecule has 4 heterocycles. The van der Waals surface area contributed by atoms with Gasteiger partial charge in [0.2, 0.25) is 0 Å². The number of para-hydroxylation sites is 5. The maximum atomic E-state index is 7.07. The van der Waals surface area contributed by atoms with Crippen molar-refractivity contribution < 1.29 is 4.42 Å². The summed E-state index contributed by atoms with van der Waals surface area (Å²) in [6.45, 7) is 16.3. The van der Waals surface area contributed by atoms with E-state index in [9.17, 15) is 0 Å². The summed E-state index contributed by atoms with van der Waals surface area (Å²) in [4.78, 5) is 2.69. The number of furan rings is 1. The predicted octanol–water partition coefficient (Wildman–Crippen LogP) is 18.6. The van der Waals surface area contributed by atoms with Crippen LogP contribution in [0.4, 0.5) is 39.8 Å². The molecule has 0 N–H and O–H groups in total. The molecule has 5 heteroatoms. The Morgan fingerprint density at radius 2 is 1.03 bits per heavy atom. The van der Waals surface area contributed by atoms with Crippen LogP contribution >= 0.6 is 0 Å². The van der Waals surface area contributed by atoms with E-state index in [2.05, 4.69) is 276 Å². The molecule has 0 saturated carbocycles. The van der Waals surface area contributed by atoms with Crippen LogP contribution in [0.25, 0.3) is 76.4 Å². The molecular formula is C71H57BN3O+. The van der Waals surface area contributed by atoms with E-state index < -0.39 is 0 Å². The number of anilines is 3. The summed E-state index contributed by atoms with van der Waals surface area (Å²) >= 11 is 0. The molecule has 0 bridgehead atoms. The molecule has 0 atom stereocenters. The summed E-state index contributed by atoms with van der Waals surface area (Å²) in [7, 11) is 0. The van der Waals surface area contributed by atoms with Crippen molar-refractivity contribution in [1.29, 1.82) is 0 Å². The lowest BCUT2D eigenvalue weighted by atomic mass is 9.44. The average molecular weight is 979 g/mol. The van der Waals surface area contributed by atoms with Gasteiger partial charge in [-0.3, -0.25) is 0 Å². The minimum Gasteiger partial charge on any atom is -0.455 e. The third-order valence-corrected chi connectivity index (χ3v) is 17.0. The van der Waals surface area contributed by atoms with E-state index in [-0.39, 0.29) is 17.7 Å². The molecular weight excluding hydrogens is 922 g/mol. The maximum absolute atomic E-state index is 7.07. The molecule has 364 valence electrons. The Bertz CT molecular complexity index is 4430. The summed E-state index contributed by atoms with van der Waals surface area (Å²) in [5.74, 6) is 0. The van der Waals surface area contributed by atoms with Gasteiger partial charge in [0.25, 0.3) is 0 Å². The molecule has 11 aromatic carbocycles. The monoisotopic (exact) mass is 978 g/mol. The van der Waals surface area contributed by atoms with Gasteiger partial charge in [-0.15, -0.1) is 0 Å². The molecule has 0 aliphatic carbocycles. The number of aromatic nitrogens is 1. The highest BCUT2D eigenvalue weighted by atomic mass is 16.3. The normalized spacial score (nSPS) is 13.4. The number of rotatable bonds is 5. The molecule has 76 heavy (non-hydrogen) atoms. The molecule has 2 aromatic heterocycles. The Balaban J connectivity index is 1.20. The van der Waals surface area contributed by atoms with E-state index in [1.165, 1.54) is 93.8 Å². The van der Waals surface area contributed by atoms with Crippen LogP contribution in [-0.2, 0) is 10.8 Å². The van der Waals surface area contributed by atoms with E-state index in [0.29, 0.717) is 4.48 Å². The van der Waals surface area contributed by atoms with Gasteiger partial charge in [0, 0.05) is 98.3 Å². The Morgan fingerprint density at radius 3 is 1.66 bits per heavy atom. The van der Waals surface area contributed by atoms with E-state index in [1.807, 2.05) is 0 Å². The van der Waals surface area contributed by atoms with Gasteiger partial charge < -0.3 is 13.8 Å². The largest absolute Gasteiger partial charge is 0.455 e. The fourth-order valence-corrected chi connectivity index (χ4v) is 13.4. The minimum absolute atomic E-state index is 0.122. The minimum atomic E-state index is -0.198. The number of fused-ring (bicyclic) bond motifs is 13. The molecule has 0 spiro atoms. The van der Waals surface area contributed by atoms with Gasteiger partial charge in [-0.2, -0.15) is 4.48 Å². The second-order valence-corrected chi connectivity index (χ2v) is 23.5. The average Bonchev–Trinajstić information content (AvgIpc) is 4.18. The Morgan fingerprint density at radius 1 is 0.461 bits per heavy atom. The van der Waals surface area contributed by atoms with Crippen molar-refractivity contribution in [3.8, 4) is 11.1 Å². The van der Waals surface area contributed by atoms with Gasteiger partial charge in [-0.1, -0.05) is 169 Å². The number of nitrogens with zero attached hydrogens (tertiary/aromatic N) is 3. The van der Waals surface area contributed by atoms with Crippen molar-refractivity contribution in [3.63, 3.8) is 0 Å². The van der Waals surface area contributed by atoms with Crippen molar-refractivity contribution in [2.24, 2.45) is 0 Å². The Labute approximate surface area is 444 Å². The first kappa shape index (κ1) is 44.8. The highest BCUT2D eigenvalue weighted by Gasteiger charge is 2.48. The first-order valence-electron chi connectivity index (χ1n) is 26.9. The van der Waals surface area contributed by atoms with E-state index in [1.54, 1.807) is 0 Å². The summed E-state index contributed by atoms with van der Waals surface area (Å²) in [6.07, 6.45) is 0. The molecule has 0 fully saturated rings. The third kappa shape index (κ3) is 6.24. The molecule has 15 rings (SSSR count). The fraction of sp³-hybridized carbons (Fsp3) is 0.127. The molecule has 0 radical (unpaired) electrons. The lowest BCUT2D eigenvalue weighted by Crippen LogP contribution is -2.57. The SMILES string of the molecule is Cc1c2c(cc3cc4ccccc4cc13)B1c3c(cc([N+](c4ccccc4)(c4ccccc4)c4ccccc4)cc3N2c2cc(C(C)(C)C)cc(C(C)(C)C)c2)-c2cc3c4ccccc4oc3c3c4ccccc4n1c23. The van der Waals surface area contributed by atoms with Crippen LogP contribution in [0.3, 0.4) is 0 Å². The predicted molar refractivity (Wildman–Crippen MR) is 325 cm³/mol. The smallest absolute Gasteiger partial charge is 0.333 e. The second kappa shape index (κ2) is 15.9. The molecule has 0 saturated heterocycles. The van der Waals surface area contributed by atoms with Gasteiger partial charge >= 0.3 is 6.85 Å². The van der Waals surface area contributed by atoms with Crippen LogP contribution in [0.5, 0.6) is 0 Å². The van der Waals surface area contributed by atoms with E-state index in [4.69, 9.17) is 4.42 Å². The topological polar surface area (TPSA) is 21.3 Å². The number of quaternary nitrogens is 1. The molecule has 2 aliphatic heterocycles. The first-order chi connectivity index (χ1) is 36.9. The highest BCUT2D eigenvalue weighted by molar-refractivity contribution is 6.90. The lowest BCUT2D eigenvalue weighted by molar-refractivity contribution is 0.569. The summed E-state index contributed by atoms with van der Waals surface area (Å²) in [5.41, 5.74) is 21.1. The van der Waals surface area contributed by atoms with Crippen molar-refractivity contribution >= 4 is 123 Å².